The van der Waals surface area contributed by atoms with Crippen molar-refractivity contribution in [2.45, 2.75) is 42.0 Å². The molecule has 0 amide bonds. The normalized spacial score (nSPS) is 14.1. The molecule has 4 rings (SSSR count). The Morgan fingerprint density at radius 1 is 1.03 bits per heavy atom. The van der Waals surface area contributed by atoms with Crippen LogP contribution in [0.1, 0.15) is 37.1 Å². The standard InChI is InChI=1S/C23H24N2O3S2/c1-2-7-17-11-12-23-21(16-17)25(20-9-3-4-10-22(20)29-23)19(13-15-30(26,27)28)18-8-5-6-14-24-18/h3-6,8-12,14,16,19H,2,7,13,15H2,1H3,(H,26,27,28). The van der Waals surface area contributed by atoms with E-state index < -0.39 is 10.1 Å². The van der Waals surface area contributed by atoms with Crippen LogP contribution < -0.4 is 4.90 Å². The second-order valence-electron chi connectivity index (χ2n) is 7.34. The van der Waals surface area contributed by atoms with Crippen LogP contribution in [0.3, 0.4) is 0 Å². The molecule has 0 fully saturated rings. The van der Waals surface area contributed by atoms with Gasteiger partial charge in [0, 0.05) is 16.0 Å². The zero-order chi connectivity index (χ0) is 21.1. The molecule has 3 aromatic rings. The number of anilines is 2. The van der Waals surface area contributed by atoms with Crippen molar-refractivity contribution >= 4 is 33.3 Å². The van der Waals surface area contributed by atoms with Crippen LogP contribution in [-0.4, -0.2) is 23.7 Å². The molecule has 156 valence electrons. The second kappa shape index (κ2) is 8.79. The third-order valence-corrected chi connectivity index (χ3v) is 7.04. The van der Waals surface area contributed by atoms with Gasteiger partial charge in [0.25, 0.3) is 10.1 Å². The third kappa shape index (κ3) is 4.53. The van der Waals surface area contributed by atoms with E-state index in [1.54, 1.807) is 18.0 Å². The number of rotatable bonds is 7. The number of hydrogen-bond donors (Lipinski definition) is 1. The van der Waals surface area contributed by atoms with Gasteiger partial charge in [-0.2, -0.15) is 8.42 Å². The summed E-state index contributed by atoms with van der Waals surface area (Å²) in [6, 6.07) is 20.0. The minimum atomic E-state index is -4.10. The first kappa shape index (κ1) is 20.9. The van der Waals surface area contributed by atoms with Crippen molar-refractivity contribution < 1.29 is 13.0 Å². The number of para-hydroxylation sites is 1. The van der Waals surface area contributed by atoms with Crippen LogP contribution in [0.15, 0.2) is 76.7 Å². The second-order valence-corrected chi connectivity index (χ2v) is 9.99. The molecule has 0 saturated carbocycles. The average molecular weight is 441 g/mol. The topological polar surface area (TPSA) is 70.5 Å². The zero-order valence-corrected chi connectivity index (χ0v) is 18.4. The van der Waals surface area contributed by atoms with Crippen molar-refractivity contribution in [1.82, 2.24) is 4.98 Å². The fourth-order valence-corrected chi connectivity index (χ4v) is 5.42. The number of aryl methyl sites for hydroxylation is 1. The highest BCUT2D eigenvalue weighted by Gasteiger charge is 2.31. The van der Waals surface area contributed by atoms with Gasteiger partial charge in [0.1, 0.15) is 0 Å². The van der Waals surface area contributed by atoms with Gasteiger partial charge in [-0.3, -0.25) is 9.54 Å². The van der Waals surface area contributed by atoms with Crippen molar-refractivity contribution in [2.24, 2.45) is 0 Å². The number of aromatic nitrogens is 1. The van der Waals surface area contributed by atoms with Gasteiger partial charge >= 0.3 is 0 Å². The summed E-state index contributed by atoms with van der Waals surface area (Å²) < 4.78 is 32.6. The number of benzene rings is 2. The molecule has 0 radical (unpaired) electrons. The number of fused-ring (bicyclic) bond motifs is 2. The molecule has 0 saturated heterocycles. The molecule has 5 nitrogen and oxygen atoms in total. The lowest BCUT2D eigenvalue weighted by molar-refractivity contribution is 0.476. The SMILES string of the molecule is CCCc1ccc2c(c1)N(C(CCS(=O)(=O)O)c1ccccn1)c1ccccc1S2. The Bertz CT molecular complexity index is 1130. The first-order valence-corrected chi connectivity index (χ1v) is 12.4. The van der Waals surface area contributed by atoms with Crippen LogP contribution in [0.25, 0.3) is 0 Å². The number of pyridine rings is 1. The molecule has 2 heterocycles. The lowest BCUT2D eigenvalue weighted by Crippen LogP contribution is -2.29. The van der Waals surface area contributed by atoms with Crippen molar-refractivity contribution in [3.8, 4) is 0 Å². The highest BCUT2D eigenvalue weighted by atomic mass is 32.2. The Balaban J connectivity index is 1.87. The van der Waals surface area contributed by atoms with Gasteiger partial charge in [-0.1, -0.05) is 49.4 Å². The minimum absolute atomic E-state index is 0.228. The predicted octanol–water partition coefficient (Wildman–Crippen LogP) is 5.66. The Hall–Kier alpha value is -2.35. The molecule has 30 heavy (non-hydrogen) atoms. The van der Waals surface area contributed by atoms with E-state index in [2.05, 4.69) is 47.1 Å². The highest BCUT2D eigenvalue weighted by Crippen LogP contribution is 2.52. The van der Waals surface area contributed by atoms with Gasteiger partial charge < -0.3 is 4.90 Å². The third-order valence-electron chi connectivity index (χ3n) is 5.16. The van der Waals surface area contributed by atoms with E-state index in [0.29, 0.717) is 0 Å². The Kier molecular flexibility index (Phi) is 6.13. The minimum Gasteiger partial charge on any atom is -0.330 e. The van der Waals surface area contributed by atoms with Gasteiger partial charge in [-0.05, 0) is 54.8 Å². The Morgan fingerprint density at radius 3 is 2.53 bits per heavy atom. The van der Waals surface area contributed by atoms with Gasteiger partial charge in [0.2, 0.25) is 0 Å². The van der Waals surface area contributed by atoms with E-state index in [1.165, 1.54) is 5.56 Å². The Morgan fingerprint density at radius 2 is 1.80 bits per heavy atom. The van der Waals surface area contributed by atoms with Gasteiger partial charge in [0.05, 0.1) is 28.9 Å². The number of nitrogens with zero attached hydrogens (tertiary/aromatic N) is 2. The van der Waals surface area contributed by atoms with Crippen molar-refractivity contribution in [2.75, 3.05) is 10.7 Å². The predicted molar refractivity (Wildman–Crippen MR) is 121 cm³/mol. The summed E-state index contributed by atoms with van der Waals surface area (Å²) in [5.41, 5.74) is 4.09. The van der Waals surface area contributed by atoms with Crippen molar-refractivity contribution in [3.05, 3.63) is 78.1 Å². The lowest BCUT2D eigenvalue weighted by Gasteiger charge is -2.39. The van der Waals surface area contributed by atoms with Crippen LogP contribution in [0.2, 0.25) is 0 Å². The number of hydrogen-bond acceptors (Lipinski definition) is 5. The van der Waals surface area contributed by atoms with Gasteiger partial charge in [-0.25, -0.2) is 0 Å². The maximum Gasteiger partial charge on any atom is 0.264 e. The highest BCUT2D eigenvalue weighted by molar-refractivity contribution is 7.99. The largest absolute Gasteiger partial charge is 0.330 e. The molecule has 2 aromatic carbocycles. The van der Waals surface area contributed by atoms with E-state index in [4.69, 9.17) is 0 Å². The van der Waals surface area contributed by atoms with E-state index in [-0.39, 0.29) is 18.2 Å². The van der Waals surface area contributed by atoms with Crippen LogP contribution in [-0.2, 0) is 16.5 Å². The molecule has 0 bridgehead atoms. The van der Waals surface area contributed by atoms with Crippen LogP contribution in [0.4, 0.5) is 11.4 Å². The van der Waals surface area contributed by atoms with Crippen LogP contribution >= 0.6 is 11.8 Å². The van der Waals surface area contributed by atoms with Crippen molar-refractivity contribution in [1.29, 1.82) is 0 Å². The summed E-state index contributed by atoms with van der Waals surface area (Å²) in [5, 5.41) is 0. The summed E-state index contributed by atoms with van der Waals surface area (Å²) in [4.78, 5) is 8.96. The smallest absolute Gasteiger partial charge is 0.264 e. The molecule has 1 aliphatic rings. The molecule has 1 aromatic heterocycles. The maximum atomic E-state index is 11.6. The van der Waals surface area contributed by atoms with E-state index in [1.807, 2.05) is 30.3 Å². The molecule has 1 unspecified atom stereocenters. The van der Waals surface area contributed by atoms with Crippen molar-refractivity contribution in [3.63, 3.8) is 0 Å². The summed E-state index contributed by atoms with van der Waals surface area (Å²) in [6.07, 6.45) is 3.97. The quantitative estimate of drug-likeness (QED) is 0.478. The molecule has 0 spiro atoms. The van der Waals surface area contributed by atoms with Crippen LogP contribution in [0.5, 0.6) is 0 Å². The van der Waals surface area contributed by atoms with Gasteiger partial charge in [-0.15, -0.1) is 0 Å². The van der Waals surface area contributed by atoms with E-state index in [9.17, 15) is 13.0 Å². The van der Waals surface area contributed by atoms with E-state index >= 15 is 0 Å². The molecule has 1 N–H and O–H groups in total. The first-order valence-electron chi connectivity index (χ1n) is 10.0. The fourth-order valence-electron chi connectivity index (χ4n) is 3.85. The molecule has 0 aliphatic carbocycles. The maximum absolute atomic E-state index is 11.6. The lowest BCUT2D eigenvalue weighted by atomic mass is 10.0. The Labute approximate surface area is 181 Å². The molecule has 1 atom stereocenters. The molecule has 7 heteroatoms. The van der Waals surface area contributed by atoms with E-state index in [0.717, 1.165) is 39.7 Å². The summed E-state index contributed by atoms with van der Waals surface area (Å²) >= 11 is 1.72. The monoisotopic (exact) mass is 440 g/mol. The van der Waals surface area contributed by atoms with Crippen LogP contribution in [0, 0.1) is 0 Å². The summed E-state index contributed by atoms with van der Waals surface area (Å²) in [5.74, 6) is -0.329. The summed E-state index contributed by atoms with van der Waals surface area (Å²) in [7, 11) is -4.10. The first-order chi connectivity index (χ1) is 14.5. The zero-order valence-electron chi connectivity index (χ0n) is 16.7. The van der Waals surface area contributed by atoms with Gasteiger partial charge in [0.15, 0.2) is 0 Å². The summed E-state index contributed by atoms with van der Waals surface area (Å²) in [6.45, 7) is 2.16. The molecular weight excluding hydrogens is 416 g/mol. The average Bonchev–Trinajstić information content (AvgIpc) is 2.73. The molecular formula is C23H24N2O3S2. The fraction of sp³-hybridized carbons (Fsp3) is 0.261. The molecule has 1 aliphatic heterocycles.